The van der Waals surface area contributed by atoms with Gasteiger partial charge in [0.25, 0.3) is 0 Å². The molecule has 2 N–H and O–H groups in total. The molecule has 5 aliphatic rings. The molecule has 13 heteroatoms. The first kappa shape index (κ1) is 42.1. The van der Waals surface area contributed by atoms with E-state index in [9.17, 15) is 19.2 Å². The van der Waals surface area contributed by atoms with Gasteiger partial charge in [-0.15, -0.1) is 5.10 Å². The van der Waals surface area contributed by atoms with Crippen LogP contribution in [-0.4, -0.2) is 77.2 Å². The predicted molar refractivity (Wildman–Crippen MR) is 215 cm³/mol. The molecule has 4 bridgehead atoms. The molecule has 4 saturated carbocycles. The SMILES string of the molecule is CC1=C/C(=N/OC(=O)c2ccc(CNC(=O)CCc3cn(CCCCCCOCCOCCNC(=O)CC45CC6CC(CC(C6)C4)C5)nn3)cc2C)C(C)=CC1=O. The fourth-order valence-corrected chi connectivity index (χ4v) is 9.50. The first-order chi connectivity index (χ1) is 27.5. The highest BCUT2D eigenvalue weighted by Gasteiger charge is 2.51. The number of unbranched alkanes of at least 4 members (excludes halogenated alkanes) is 3. The van der Waals surface area contributed by atoms with Crippen LogP contribution in [-0.2, 0) is 48.2 Å². The van der Waals surface area contributed by atoms with Crippen molar-refractivity contribution in [3.8, 4) is 0 Å². The molecule has 0 spiro atoms. The van der Waals surface area contributed by atoms with Crippen LogP contribution < -0.4 is 10.6 Å². The minimum absolute atomic E-state index is 0.0880. The molecule has 0 saturated heterocycles. The van der Waals surface area contributed by atoms with Gasteiger partial charge in [-0.3, -0.25) is 19.1 Å². The summed E-state index contributed by atoms with van der Waals surface area (Å²) in [6, 6.07) is 5.26. The van der Waals surface area contributed by atoms with Gasteiger partial charge in [-0.25, -0.2) is 4.79 Å². The molecule has 4 fully saturated rings. The molecule has 0 radical (unpaired) electrons. The van der Waals surface area contributed by atoms with E-state index >= 15 is 0 Å². The van der Waals surface area contributed by atoms with Crippen molar-refractivity contribution in [3.05, 3.63) is 70.1 Å². The topological polar surface area (TPSA) is 163 Å². The van der Waals surface area contributed by atoms with Gasteiger partial charge < -0.3 is 24.9 Å². The highest BCUT2D eigenvalue weighted by Crippen LogP contribution is 2.61. The highest BCUT2D eigenvalue weighted by atomic mass is 16.7. The molecule has 308 valence electrons. The van der Waals surface area contributed by atoms with E-state index in [1.165, 1.54) is 44.6 Å². The first-order valence-electron chi connectivity index (χ1n) is 20.9. The van der Waals surface area contributed by atoms with Crippen molar-refractivity contribution in [1.29, 1.82) is 0 Å². The number of aromatic nitrogens is 3. The molecule has 0 unspecified atom stereocenters. The maximum atomic E-state index is 12.7. The van der Waals surface area contributed by atoms with Crippen molar-refractivity contribution in [1.82, 2.24) is 25.6 Å². The normalized spacial score (nSPS) is 23.0. The number of hydrogen-bond acceptors (Lipinski definition) is 10. The fraction of sp³-hybridized carbons (Fsp3) is 0.614. The summed E-state index contributed by atoms with van der Waals surface area (Å²) in [5, 5.41) is 18.4. The molecular formula is C44H60N6O7. The van der Waals surface area contributed by atoms with Gasteiger partial charge in [-0.1, -0.05) is 35.3 Å². The number of ether oxygens (including phenoxy) is 2. The number of oxime groups is 1. The molecule has 1 aromatic heterocycles. The van der Waals surface area contributed by atoms with Crippen LogP contribution in [0.5, 0.6) is 0 Å². The standard InChI is InChI=1S/C44H60N6O7/c1-30-18-33(8-10-38(30)43(54)57-48-39-19-32(3)40(51)20-31(39)2)28-46-41(52)11-9-37-29-50(49-47-37)13-6-4-5-7-14-55-16-17-56-15-12-45-42(53)27-44-24-34-21-35(25-44)23-36(22-34)26-44/h8,10,18-20,29,34-36H,4-7,9,11-17,21-28H2,1-3H3,(H,45,53)(H,46,52)/b48-39-. The van der Waals surface area contributed by atoms with Crippen LogP contribution in [0, 0.1) is 30.1 Å². The summed E-state index contributed by atoms with van der Waals surface area (Å²) in [5.41, 5.74) is 4.57. The number of rotatable bonds is 22. The number of nitrogens with one attached hydrogen (secondary N) is 2. The number of benzene rings is 1. The largest absolute Gasteiger partial charge is 0.379 e. The number of aryl methyl sites for hydroxylation is 3. The molecule has 13 nitrogen and oxygen atoms in total. The Kier molecular flexibility index (Phi) is 15.0. The Bertz CT molecular complexity index is 1810. The quantitative estimate of drug-likeness (QED) is 0.0618. The van der Waals surface area contributed by atoms with E-state index in [1.54, 1.807) is 39.0 Å². The Morgan fingerprint density at radius 3 is 2.32 bits per heavy atom. The summed E-state index contributed by atoms with van der Waals surface area (Å²) in [6.07, 6.45) is 18.6. The average Bonchev–Trinajstić information content (AvgIpc) is 3.62. The Labute approximate surface area is 336 Å². The van der Waals surface area contributed by atoms with Gasteiger partial charge in [0.2, 0.25) is 11.8 Å². The highest BCUT2D eigenvalue weighted by molar-refractivity contribution is 6.21. The van der Waals surface area contributed by atoms with Crippen LogP contribution in [0.4, 0.5) is 0 Å². The molecule has 2 amide bonds. The van der Waals surface area contributed by atoms with Crippen molar-refractivity contribution in [2.24, 2.45) is 28.3 Å². The van der Waals surface area contributed by atoms with Crippen LogP contribution in [0.25, 0.3) is 0 Å². The zero-order chi connectivity index (χ0) is 40.2. The third kappa shape index (κ3) is 12.5. The van der Waals surface area contributed by atoms with E-state index in [0.717, 1.165) is 61.2 Å². The summed E-state index contributed by atoms with van der Waals surface area (Å²) >= 11 is 0. The van der Waals surface area contributed by atoms with E-state index in [0.29, 0.717) is 86.8 Å². The molecular weight excluding hydrogens is 725 g/mol. The van der Waals surface area contributed by atoms with Crippen molar-refractivity contribution >= 4 is 29.3 Å². The van der Waals surface area contributed by atoms with Crippen LogP contribution in [0.3, 0.4) is 0 Å². The van der Waals surface area contributed by atoms with Gasteiger partial charge in [0.05, 0.1) is 31.1 Å². The van der Waals surface area contributed by atoms with E-state index < -0.39 is 5.97 Å². The van der Waals surface area contributed by atoms with Gasteiger partial charge in [0.15, 0.2) is 5.78 Å². The van der Waals surface area contributed by atoms with Gasteiger partial charge >= 0.3 is 5.97 Å². The second-order valence-corrected chi connectivity index (χ2v) is 16.9. The zero-order valence-electron chi connectivity index (χ0n) is 34.0. The van der Waals surface area contributed by atoms with E-state index in [-0.39, 0.29) is 23.0 Å². The van der Waals surface area contributed by atoms with Crippen LogP contribution in [0.15, 0.2) is 52.8 Å². The lowest BCUT2D eigenvalue weighted by molar-refractivity contribution is -0.129. The smallest absolute Gasteiger partial charge is 0.366 e. The lowest BCUT2D eigenvalue weighted by Crippen LogP contribution is -2.48. The first-order valence-corrected chi connectivity index (χ1v) is 20.9. The average molecular weight is 785 g/mol. The summed E-state index contributed by atoms with van der Waals surface area (Å²) in [7, 11) is 0. The number of carbonyl (C=O) groups excluding carboxylic acids is 4. The number of nitrogens with zero attached hydrogens (tertiary/aromatic N) is 4. The third-order valence-electron chi connectivity index (χ3n) is 12.0. The minimum Gasteiger partial charge on any atom is -0.379 e. The van der Waals surface area contributed by atoms with Crippen LogP contribution in [0.1, 0.15) is 118 Å². The molecule has 0 atom stereocenters. The van der Waals surface area contributed by atoms with Crippen molar-refractivity contribution in [2.75, 3.05) is 33.0 Å². The molecule has 5 aliphatic carbocycles. The Hall–Kier alpha value is -4.49. The maximum Gasteiger partial charge on any atom is 0.366 e. The van der Waals surface area contributed by atoms with E-state index in [1.807, 2.05) is 16.9 Å². The number of amides is 2. The van der Waals surface area contributed by atoms with E-state index in [2.05, 4.69) is 26.1 Å². The Morgan fingerprint density at radius 1 is 0.860 bits per heavy atom. The third-order valence-corrected chi connectivity index (χ3v) is 12.0. The second-order valence-electron chi connectivity index (χ2n) is 16.9. The number of hydrogen-bond donors (Lipinski definition) is 2. The maximum absolute atomic E-state index is 12.7. The van der Waals surface area contributed by atoms with Crippen molar-refractivity contribution in [2.45, 2.75) is 117 Å². The van der Waals surface area contributed by atoms with Crippen molar-refractivity contribution in [3.63, 3.8) is 0 Å². The molecule has 57 heavy (non-hydrogen) atoms. The zero-order valence-corrected chi connectivity index (χ0v) is 34.0. The van der Waals surface area contributed by atoms with Crippen LogP contribution >= 0.6 is 0 Å². The summed E-state index contributed by atoms with van der Waals surface area (Å²) < 4.78 is 13.2. The van der Waals surface area contributed by atoms with Gasteiger partial charge in [-0.2, -0.15) is 0 Å². The molecule has 1 aromatic carbocycles. The van der Waals surface area contributed by atoms with E-state index in [4.69, 9.17) is 14.3 Å². The number of carbonyl (C=O) groups is 4. The lowest BCUT2D eigenvalue weighted by Gasteiger charge is -2.56. The molecule has 7 rings (SSSR count). The lowest BCUT2D eigenvalue weighted by atomic mass is 9.49. The summed E-state index contributed by atoms with van der Waals surface area (Å²) in [6.45, 7) is 9.21. The van der Waals surface area contributed by atoms with Gasteiger partial charge in [0, 0.05) is 51.7 Å². The fourth-order valence-electron chi connectivity index (χ4n) is 9.50. The van der Waals surface area contributed by atoms with Gasteiger partial charge in [0.1, 0.15) is 5.71 Å². The Balaban J connectivity index is 0.745. The summed E-state index contributed by atoms with van der Waals surface area (Å²) in [4.78, 5) is 54.8. The number of ketones is 1. The molecule has 2 aromatic rings. The predicted octanol–water partition coefficient (Wildman–Crippen LogP) is 6.14. The minimum atomic E-state index is -0.599. The Morgan fingerprint density at radius 2 is 1.58 bits per heavy atom. The second kappa shape index (κ2) is 20.3. The molecule has 0 aliphatic heterocycles. The van der Waals surface area contributed by atoms with Crippen LogP contribution in [0.2, 0.25) is 0 Å². The monoisotopic (exact) mass is 784 g/mol. The number of allylic oxidation sites excluding steroid dienone is 4. The van der Waals surface area contributed by atoms with Gasteiger partial charge in [-0.05, 0) is 136 Å². The summed E-state index contributed by atoms with van der Waals surface area (Å²) in [5.74, 6) is 2.03. The van der Waals surface area contributed by atoms with Crippen molar-refractivity contribution < 1.29 is 33.5 Å². The molecule has 1 heterocycles.